The third kappa shape index (κ3) is 4.58. The summed E-state index contributed by atoms with van der Waals surface area (Å²) in [5.74, 6) is -0.147. The Labute approximate surface area is 67.1 Å². The molecule has 2 nitrogen and oxygen atoms in total. The third-order valence-electron chi connectivity index (χ3n) is 0.798. The SMILES string of the molecule is C=C(C)C(=O)N[Si](C)(C)Cl. The van der Waals surface area contributed by atoms with Crippen molar-refractivity contribution in [3.8, 4) is 0 Å². The summed E-state index contributed by atoms with van der Waals surface area (Å²) in [6, 6.07) is 0. The molecule has 0 saturated carbocycles. The number of amides is 1. The zero-order valence-electron chi connectivity index (χ0n) is 6.49. The molecule has 0 atom stereocenters. The van der Waals surface area contributed by atoms with E-state index in [1.165, 1.54) is 0 Å². The van der Waals surface area contributed by atoms with Crippen molar-refractivity contribution in [3.63, 3.8) is 0 Å². The fourth-order valence-corrected chi connectivity index (χ4v) is 1.39. The Morgan fingerprint density at radius 1 is 1.60 bits per heavy atom. The van der Waals surface area contributed by atoms with Crippen molar-refractivity contribution < 1.29 is 4.79 Å². The van der Waals surface area contributed by atoms with Crippen LogP contribution in [0.15, 0.2) is 12.2 Å². The Balaban J connectivity index is 3.93. The van der Waals surface area contributed by atoms with E-state index >= 15 is 0 Å². The van der Waals surface area contributed by atoms with Crippen LogP contribution >= 0.6 is 11.1 Å². The van der Waals surface area contributed by atoms with Crippen LogP contribution in [-0.4, -0.2) is 13.5 Å². The van der Waals surface area contributed by atoms with Gasteiger partial charge in [0.2, 0.25) is 13.5 Å². The average molecular weight is 178 g/mol. The van der Waals surface area contributed by atoms with E-state index in [0.717, 1.165) is 0 Å². The summed E-state index contributed by atoms with van der Waals surface area (Å²) in [4.78, 5) is 13.6. The molecule has 0 aromatic carbocycles. The molecule has 0 bridgehead atoms. The van der Waals surface area contributed by atoms with E-state index in [1.54, 1.807) is 6.92 Å². The lowest BCUT2D eigenvalue weighted by Gasteiger charge is -2.14. The molecule has 58 valence electrons. The van der Waals surface area contributed by atoms with Gasteiger partial charge in [-0.25, -0.2) is 0 Å². The average Bonchev–Trinajstić information content (AvgIpc) is 1.60. The number of rotatable bonds is 2. The van der Waals surface area contributed by atoms with Crippen LogP contribution in [0, 0.1) is 0 Å². The molecule has 0 aliphatic heterocycles. The summed E-state index contributed by atoms with van der Waals surface area (Å²) in [6.45, 7) is 8.84. The van der Waals surface area contributed by atoms with Gasteiger partial charge >= 0.3 is 0 Å². The van der Waals surface area contributed by atoms with Crippen molar-refractivity contribution in [1.29, 1.82) is 0 Å². The van der Waals surface area contributed by atoms with E-state index in [4.69, 9.17) is 11.1 Å². The molecule has 0 fully saturated rings. The maximum absolute atomic E-state index is 10.9. The van der Waals surface area contributed by atoms with Crippen LogP contribution in [0.2, 0.25) is 13.1 Å². The molecule has 4 heteroatoms. The first kappa shape index (κ1) is 9.72. The van der Waals surface area contributed by atoms with Crippen molar-refractivity contribution in [3.05, 3.63) is 12.2 Å². The highest BCUT2D eigenvalue weighted by molar-refractivity contribution is 7.18. The monoisotopic (exact) mass is 177 g/mol. The first-order valence-electron chi connectivity index (χ1n) is 3.00. The van der Waals surface area contributed by atoms with Gasteiger partial charge in [0.25, 0.3) is 0 Å². The minimum Gasteiger partial charge on any atom is -0.366 e. The number of nitrogens with one attached hydrogen (secondary N) is 1. The van der Waals surface area contributed by atoms with E-state index in [2.05, 4.69) is 11.6 Å². The zero-order valence-corrected chi connectivity index (χ0v) is 8.25. The lowest BCUT2D eigenvalue weighted by atomic mass is 10.3. The van der Waals surface area contributed by atoms with Crippen molar-refractivity contribution in [1.82, 2.24) is 4.98 Å². The van der Waals surface area contributed by atoms with Crippen LogP contribution in [0.3, 0.4) is 0 Å². The van der Waals surface area contributed by atoms with E-state index < -0.39 is 7.55 Å². The van der Waals surface area contributed by atoms with Crippen LogP contribution in [0.4, 0.5) is 0 Å². The van der Waals surface area contributed by atoms with E-state index in [-0.39, 0.29) is 5.91 Å². The predicted molar refractivity (Wildman–Crippen MR) is 46.3 cm³/mol. The summed E-state index contributed by atoms with van der Waals surface area (Å²) in [5.41, 5.74) is 0.501. The van der Waals surface area contributed by atoms with Crippen molar-refractivity contribution in [2.24, 2.45) is 0 Å². The van der Waals surface area contributed by atoms with Gasteiger partial charge in [0, 0.05) is 5.57 Å². The van der Waals surface area contributed by atoms with Crippen molar-refractivity contribution in [2.75, 3.05) is 0 Å². The van der Waals surface area contributed by atoms with Gasteiger partial charge in [0.15, 0.2) is 0 Å². The zero-order chi connectivity index (χ0) is 8.36. The summed E-state index contributed by atoms with van der Waals surface area (Å²) < 4.78 is 0. The molecule has 0 heterocycles. The smallest absolute Gasteiger partial charge is 0.249 e. The highest BCUT2D eigenvalue weighted by atomic mass is 35.6. The van der Waals surface area contributed by atoms with Gasteiger partial charge in [-0.05, 0) is 20.0 Å². The lowest BCUT2D eigenvalue weighted by Crippen LogP contribution is -2.43. The van der Waals surface area contributed by atoms with Crippen molar-refractivity contribution in [2.45, 2.75) is 20.0 Å². The Kier molecular flexibility index (Phi) is 3.12. The fourth-order valence-electron chi connectivity index (χ4n) is 0.377. The van der Waals surface area contributed by atoms with Gasteiger partial charge in [-0.15, -0.1) is 11.1 Å². The molecule has 1 N–H and O–H groups in total. The van der Waals surface area contributed by atoms with Gasteiger partial charge in [-0.1, -0.05) is 6.58 Å². The van der Waals surface area contributed by atoms with E-state index in [0.29, 0.717) is 5.57 Å². The van der Waals surface area contributed by atoms with Crippen LogP contribution in [0.5, 0.6) is 0 Å². The quantitative estimate of drug-likeness (QED) is 0.388. The highest BCUT2D eigenvalue weighted by Crippen LogP contribution is 2.03. The Hall–Kier alpha value is -0.283. The Morgan fingerprint density at radius 2 is 2.00 bits per heavy atom. The maximum atomic E-state index is 10.9. The molecule has 1 amide bonds. The van der Waals surface area contributed by atoms with Crippen molar-refractivity contribution >= 4 is 24.5 Å². The number of carbonyl (C=O) groups is 1. The van der Waals surface area contributed by atoms with Gasteiger partial charge in [0.05, 0.1) is 0 Å². The standard InChI is InChI=1S/C6H12ClNOSi/c1-5(2)6(9)8-10(3,4)7/h1H2,2-4H3,(H,8,9). The maximum Gasteiger partial charge on any atom is 0.249 e. The molecule has 0 aliphatic carbocycles. The number of hydrogen-bond acceptors (Lipinski definition) is 1. The molecule has 10 heavy (non-hydrogen) atoms. The Bertz CT molecular complexity index is 162. The van der Waals surface area contributed by atoms with Gasteiger partial charge < -0.3 is 4.98 Å². The molecule has 0 aromatic rings. The van der Waals surface area contributed by atoms with E-state index in [9.17, 15) is 4.79 Å². The molecule has 0 aliphatic rings. The van der Waals surface area contributed by atoms with Gasteiger partial charge in [-0.3, -0.25) is 4.79 Å². The third-order valence-corrected chi connectivity index (χ3v) is 1.90. The largest absolute Gasteiger partial charge is 0.366 e. The molecule has 0 rings (SSSR count). The van der Waals surface area contributed by atoms with Crippen LogP contribution in [0.25, 0.3) is 0 Å². The topological polar surface area (TPSA) is 29.1 Å². The second kappa shape index (κ2) is 3.21. The van der Waals surface area contributed by atoms with Gasteiger partial charge in [-0.2, -0.15) is 0 Å². The molecule has 0 radical (unpaired) electrons. The van der Waals surface area contributed by atoms with E-state index in [1.807, 2.05) is 13.1 Å². The first-order valence-corrected chi connectivity index (χ1v) is 7.01. The fraction of sp³-hybridized carbons (Fsp3) is 0.500. The lowest BCUT2D eigenvalue weighted by molar-refractivity contribution is -0.115. The molecule has 0 saturated heterocycles. The molecular formula is C6H12ClNOSi. The summed E-state index contributed by atoms with van der Waals surface area (Å²) in [7, 11) is -1.97. The minimum absolute atomic E-state index is 0.147. The minimum atomic E-state index is -1.97. The number of hydrogen-bond donors (Lipinski definition) is 1. The Morgan fingerprint density at radius 3 is 2.10 bits per heavy atom. The second-order valence-electron chi connectivity index (χ2n) is 2.71. The van der Waals surface area contributed by atoms with Crippen LogP contribution < -0.4 is 4.98 Å². The molecule has 0 aromatic heterocycles. The summed E-state index contributed by atoms with van der Waals surface area (Å²) in [5, 5.41) is 0. The summed E-state index contributed by atoms with van der Waals surface area (Å²) in [6.07, 6.45) is 0. The molecular weight excluding hydrogens is 166 g/mol. The van der Waals surface area contributed by atoms with Gasteiger partial charge in [0.1, 0.15) is 0 Å². The van der Waals surface area contributed by atoms with Crippen LogP contribution in [0.1, 0.15) is 6.92 Å². The predicted octanol–water partition coefficient (Wildman–Crippen LogP) is 1.62. The summed E-state index contributed by atoms with van der Waals surface area (Å²) >= 11 is 5.84. The second-order valence-corrected chi connectivity index (χ2v) is 8.74. The van der Waals surface area contributed by atoms with Crippen LogP contribution in [-0.2, 0) is 4.79 Å². The number of carbonyl (C=O) groups excluding carboxylic acids is 1. The first-order chi connectivity index (χ1) is 4.33. The molecule has 0 unspecified atom stereocenters. The normalized spacial score (nSPS) is 10.8. The number of halogens is 1. The highest BCUT2D eigenvalue weighted by Gasteiger charge is 2.19. The molecule has 0 spiro atoms.